The quantitative estimate of drug-likeness (QED) is 0.522. The van der Waals surface area contributed by atoms with Gasteiger partial charge in [0.1, 0.15) is 0 Å². The van der Waals surface area contributed by atoms with E-state index in [0.29, 0.717) is 0 Å². The molecule has 0 saturated carbocycles. The predicted molar refractivity (Wildman–Crippen MR) is 36.8 cm³/mol. The molecule has 0 radical (unpaired) electrons. The summed E-state index contributed by atoms with van der Waals surface area (Å²) >= 11 is 0. The molecule has 0 saturated heterocycles. The molecule has 3 heterocycles. The third-order valence-electron chi connectivity index (χ3n) is 1.92. The summed E-state index contributed by atoms with van der Waals surface area (Å²) in [4.78, 5) is 4.20. The summed E-state index contributed by atoms with van der Waals surface area (Å²) in [6, 6.07) is 8.12. The van der Waals surface area contributed by atoms with Crippen LogP contribution >= 0.6 is 0 Å². The van der Waals surface area contributed by atoms with Crippen molar-refractivity contribution in [1.82, 2.24) is 0 Å². The number of benzene rings is 1. The second-order valence-corrected chi connectivity index (χ2v) is 2.49. The summed E-state index contributed by atoms with van der Waals surface area (Å²) in [6.07, 6.45) is 0.0335. The van der Waals surface area contributed by atoms with E-state index >= 15 is 0 Å². The molecule has 1 unspecified atom stereocenters. The Labute approximate surface area is 58.2 Å². The van der Waals surface area contributed by atoms with Gasteiger partial charge in [0.05, 0.1) is 0 Å². The third-order valence-corrected chi connectivity index (χ3v) is 1.92. The molecule has 1 aromatic carbocycles. The van der Waals surface area contributed by atoms with E-state index in [4.69, 9.17) is 4.74 Å². The maximum absolute atomic E-state index is 5.27. The van der Waals surface area contributed by atoms with Gasteiger partial charge in [0.25, 0.3) is 0 Å². The van der Waals surface area contributed by atoms with Crippen LogP contribution in [0.4, 0.5) is 0 Å². The topological polar surface area (TPSA) is 21.6 Å². The van der Waals surface area contributed by atoms with Gasteiger partial charge in [0.15, 0.2) is 0 Å². The van der Waals surface area contributed by atoms with Crippen LogP contribution in [-0.4, -0.2) is 5.90 Å². The second-order valence-electron chi connectivity index (χ2n) is 2.49. The molecular formula is C8H5NO. The molecule has 0 N–H and O–H groups in total. The Kier molecular flexibility index (Phi) is 0.556. The fraction of sp³-hybridized carbons (Fsp3) is 0.125. The summed E-state index contributed by atoms with van der Waals surface area (Å²) in [5, 5.41) is 0. The number of ether oxygens (including phenoxy) is 1. The molecule has 10 heavy (non-hydrogen) atoms. The van der Waals surface area contributed by atoms with E-state index < -0.39 is 0 Å². The SMILES string of the molecule is c1ccc2c(c1)C1=NC2O1. The van der Waals surface area contributed by atoms with Gasteiger partial charge in [-0.15, -0.1) is 0 Å². The smallest absolute Gasteiger partial charge is 0.222 e. The summed E-state index contributed by atoms with van der Waals surface area (Å²) in [5.41, 5.74) is 2.39. The zero-order valence-corrected chi connectivity index (χ0v) is 5.24. The van der Waals surface area contributed by atoms with Crippen molar-refractivity contribution in [3.63, 3.8) is 0 Å². The molecule has 2 nitrogen and oxygen atoms in total. The first-order valence-corrected chi connectivity index (χ1v) is 3.29. The van der Waals surface area contributed by atoms with Gasteiger partial charge in [-0.05, 0) is 6.07 Å². The average Bonchev–Trinajstić information content (AvgIpc) is 2.36. The number of hydrogen-bond donors (Lipinski definition) is 0. The summed E-state index contributed by atoms with van der Waals surface area (Å²) in [5.74, 6) is 0.820. The van der Waals surface area contributed by atoms with Gasteiger partial charge in [-0.2, -0.15) is 0 Å². The lowest BCUT2D eigenvalue weighted by atomic mass is 10.1. The van der Waals surface area contributed by atoms with Crippen molar-refractivity contribution in [1.29, 1.82) is 0 Å². The van der Waals surface area contributed by atoms with Crippen LogP contribution in [0.15, 0.2) is 29.3 Å². The van der Waals surface area contributed by atoms with E-state index in [1.807, 2.05) is 18.2 Å². The number of hydrogen-bond acceptors (Lipinski definition) is 2. The highest BCUT2D eigenvalue weighted by Crippen LogP contribution is 2.39. The fourth-order valence-corrected chi connectivity index (χ4v) is 1.39. The molecule has 0 fully saturated rings. The maximum Gasteiger partial charge on any atom is 0.222 e. The molecule has 2 heteroatoms. The minimum absolute atomic E-state index is 0.0335. The minimum atomic E-state index is 0.0335. The highest BCUT2D eigenvalue weighted by atomic mass is 16.5. The van der Waals surface area contributed by atoms with Gasteiger partial charge in [-0.1, -0.05) is 18.2 Å². The lowest BCUT2D eigenvalue weighted by Crippen LogP contribution is -2.09. The van der Waals surface area contributed by atoms with Crippen LogP contribution in [0.1, 0.15) is 17.4 Å². The number of aliphatic imine (C=N–C) groups is 1. The van der Waals surface area contributed by atoms with E-state index in [9.17, 15) is 0 Å². The van der Waals surface area contributed by atoms with Crippen molar-refractivity contribution in [2.45, 2.75) is 6.23 Å². The molecule has 1 aromatic rings. The largest absolute Gasteiger partial charge is 0.447 e. The molecule has 3 aliphatic heterocycles. The molecule has 3 aliphatic rings. The van der Waals surface area contributed by atoms with Gasteiger partial charge in [-0.25, -0.2) is 4.99 Å². The Hall–Kier alpha value is -1.31. The second kappa shape index (κ2) is 1.24. The van der Waals surface area contributed by atoms with E-state index in [2.05, 4.69) is 11.1 Å². The highest BCUT2D eigenvalue weighted by Gasteiger charge is 2.36. The van der Waals surface area contributed by atoms with Crippen molar-refractivity contribution in [2.75, 3.05) is 0 Å². The Bertz CT molecular complexity index is 330. The van der Waals surface area contributed by atoms with Crippen LogP contribution in [0.25, 0.3) is 0 Å². The van der Waals surface area contributed by atoms with E-state index in [0.717, 1.165) is 5.90 Å². The first kappa shape index (κ1) is 4.50. The molecule has 48 valence electrons. The van der Waals surface area contributed by atoms with Crippen molar-refractivity contribution >= 4 is 5.90 Å². The fourth-order valence-electron chi connectivity index (χ4n) is 1.39. The van der Waals surface area contributed by atoms with Crippen molar-refractivity contribution in [3.8, 4) is 0 Å². The maximum atomic E-state index is 5.27. The van der Waals surface area contributed by atoms with Crippen molar-refractivity contribution in [3.05, 3.63) is 35.4 Å². The zero-order valence-electron chi connectivity index (χ0n) is 5.24. The van der Waals surface area contributed by atoms with Crippen LogP contribution in [0, 0.1) is 0 Å². The average molecular weight is 131 g/mol. The lowest BCUT2D eigenvalue weighted by Gasteiger charge is -2.12. The first-order valence-electron chi connectivity index (χ1n) is 3.29. The lowest BCUT2D eigenvalue weighted by molar-refractivity contribution is 0.168. The Morgan fingerprint density at radius 1 is 1.30 bits per heavy atom. The summed E-state index contributed by atoms with van der Waals surface area (Å²) < 4.78 is 5.27. The predicted octanol–water partition coefficient (Wildman–Crippen LogP) is 1.48. The molecular weight excluding hydrogens is 126 g/mol. The number of rotatable bonds is 0. The molecule has 1 atom stereocenters. The Morgan fingerprint density at radius 3 is 2.90 bits per heavy atom. The van der Waals surface area contributed by atoms with Gasteiger partial charge in [0, 0.05) is 11.1 Å². The van der Waals surface area contributed by atoms with E-state index in [1.54, 1.807) is 0 Å². The summed E-state index contributed by atoms with van der Waals surface area (Å²) in [7, 11) is 0. The molecule has 0 aromatic heterocycles. The zero-order chi connectivity index (χ0) is 6.55. The highest BCUT2D eigenvalue weighted by molar-refractivity contribution is 6.02. The van der Waals surface area contributed by atoms with E-state index in [1.165, 1.54) is 11.1 Å². The van der Waals surface area contributed by atoms with Crippen LogP contribution in [0.5, 0.6) is 0 Å². The standard InChI is InChI=1S/C8H5NO/c1-2-4-6-5(3-1)7-9-8(6)10-7/h1-4,7H. The molecule has 0 aliphatic carbocycles. The normalized spacial score (nSPS) is 24.4. The van der Waals surface area contributed by atoms with Crippen molar-refractivity contribution in [2.24, 2.45) is 4.99 Å². The van der Waals surface area contributed by atoms with Gasteiger partial charge >= 0.3 is 0 Å². The third kappa shape index (κ3) is 0.328. The van der Waals surface area contributed by atoms with Crippen LogP contribution in [-0.2, 0) is 4.74 Å². The molecule has 2 bridgehead atoms. The molecule has 0 amide bonds. The van der Waals surface area contributed by atoms with Crippen LogP contribution < -0.4 is 0 Å². The Balaban J connectivity index is 2.37. The number of nitrogens with zero attached hydrogens (tertiary/aromatic N) is 1. The first-order chi connectivity index (χ1) is 4.95. The van der Waals surface area contributed by atoms with Crippen LogP contribution in [0.3, 0.4) is 0 Å². The van der Waals surface area contributed by atoms with Gasteiger partial charge in [-0.3, -0.25) is 0 Å². The Morgan fingerprint density at radius 2 is 2.10 bits per heavy atom. The monoisotopic (exact) mass is 131 g/mol. The molecule has 4 rings (SSSR count). The minimum Gasteiger partial charge on any atom is -0.447 e. The summed E-state index contributed by atoms with van der Waals surface area (Å²) in [6.45, 7) is 0. The van der Waals surface area contributed by atoms with Crippen molar-refractivity contribution < 1.29 is 4.74 Å². The van der Waals surface area contributed by atoms with E-state index in [-0.39, 0.29) is 6.23 Å². The van der Waals surface area contributed by atoms with Crippen LogP contribution in [0.2, 0.25) is 0 Å². The van der Waals surface area contributed by atoms with Gasteiger partial charge < -0.3 is 4.74 Å². The molecule has 0 spiro atoms. The van der Waals surface area contributed by atoms with Gasteiger partial charge in [0.2, 0.25) is 12.1 Å².